The highest BCUT2D eigenvalue weighted by Crippen LogP contribution is 2.12. The first-order valence-electron chi connectivity index (χ1n) is 4.27. The third kappa shape index (κ3) is 0.891. The fourth-order valence-electron chi connectivity index (χ4n) is 1.48. The maximum absolute atomic E-state index is 4.07. The van der Waals surface area contributed by atoms with Crippen molar-refractivity contribution < 1.29 is 0 Å². The number of aryl methyl sites for hydroxylation is 1. The zero-order valence-electron chi connectivity index (χ0n) is 7.55. The van der Waals surface area contributed by atoms with Gasteiger partial charge in [-0.05, 0) is 24.6 Å². The van der Waals surface area contributed by atoms with Crippen LogP contribution in [0, 0.1) is 6.92 Å². The quantitative estimate of drug-likeness (QED) is 0.524. The molecule has 14 heavy (non-hydrogen) atoms. The van der Waals surface area contributed by atoms with Crippen molar-refractivity contribution in [2.45, 2.75) is 6.92 Å². The first-order chi connectivity index (χ1) is 6.84. The lowest BCUT2D eigenvalue weighted by Crippen LogP contribution is -1.94. The standard InChI is InChI=1S/C9H7N5/c1-6-2-3-8-7(4-6)11-13-9-12-10-5-14(8)9/h2-5H,1H3. The van der Waals surface area contributed by atoms with E-state index >= 15 is 0 Å². The van der Waals surface area contributed by atoms with E-state index in [0.717, 1.165) is 11.0 Å². The average Bonchev–Trinajstić information content (AvgIpc) is 2.65. The van der Waals surface area contributed by atoms with Gasteiger partial charge in [0.25, 0.3) is 5.78 Å². The Morgan fingerprint density at radius 3 is 3.00 bits per heavy atom. The topological polar surface area (TPSA) is 56.0 Å². The lowest BCUT2D eigenvalue weighted by atomic mass is 10.2. The van der Waals surface area contributed by atoms with Crippen LogP contribution in [0.15, 0.2) is 24.5 Å². The van der Waals surface area contributed by atoms with Crippen LogP contribution in [0.5, 0.6) is 0 Å². The van der Waals surface area contributed by atoms with Crippen LogP contribution in [0.2, 0.25) is 0 Å². The summed E-state index contributed by atoms with van der Waals surface area (Å²) in [7, 11) is 0. The van der Waals surface area contributed by atoms with Gasteiger partial charge < -0.3 is 0 Å². The maximum Gasteiger partial charge on any atom is 0.274 e. The third-order valence-corrected chi connectivity index (χ3v) is 2.17. The van der Waals surface area contributed by atoms with Crippen LogP contribution in [-0.4, -0.2) is 24.8 Å². The highest BCUT2D eigenvalue weighted by molar-refractivity contribution is 5.76. The molecule has 5 heteroatoms. The van der Waals surface area contributed by atoms with Crippen LogP contribution >= 0.6 is 0 Å². The molecule has 0 unspecified atom stereocenters. The Labute approximate surface area is 79.4 Å². The smallest absolute Gasteiger partial charge is 0.263 e. The van der Waals surface area contributed by atoms with Crippen molar-refractivity contribution >= 4 is 16.8 Å². The highest BCUT2D eigenvalue weighted by atomic mass is 15.3. The van der Waals surface area contributed by atoms with Gasteiger partial charge in [0.15, 0.2) is 0 Å². The van der Waals surface area contributed by atoms with Gasteiger partial charge in [0.05, 0.1) is 5.52 Å². The van der Waals surface area contributed by atoms with Crippen molar-refractivity contribution in [1.29, 1.82) is 0 Å². The summed E-state index contributed by atoms with van der Waals surface area (Å²) in [6.07, 6.45) is 1.64. The van der Waals surface area contributed by atoms with Crippen molar-refractivity contribution in [2.24, 2.45) is 0 Å². The predicted molar refractivity (Wildman–Crippen MR) is 50.8 cm³/mol. The van der Waals surface area contributed by atoms with Crippen LogP contribution in [0.4, 0.5) is 0 Å². The normalized spacial score (nSPS) is 11.2. The Hall–Kier alpha value is -2.04. The number of hydrogen-bond donors (Lipinski definition) is 0. The van der Waals surface area contributed by atoms with E-state index in [9.17, 15) is 0 Å². The van der Waals surface area contributed by atoms with Gasteiger partial charge in [-0.3, -0.25) is 4.40 Å². The Bertz CT molecular complexity index is 613. The zero-order valence-corrected chi connectivity index (χ0v) is 7.55. The number of hydrogen-bond acceptors (Lipinski definition) is 4. The van der Waals surface area contributed by atoms with Gasteiger partial charge in [-0.1, -0.05) is 6.07 Å². The molecule has 2 aromatic heterocycles. The van der Waals surface area contributed by atoms with E-state index in [-0.39, 0.29) is 0 Å². The molecule has 0 N–H and O–H groups in total. The molecule has 0 spiro atoms. The fourth-order valence-corrected chi connectivity index (χ4v) is 1.48. The molecule has 0 aliphatic rings. The van der Waals surface area contributed by atoms with Gasteiger partial charge in [0, 0.05) is 0 Å². The molecule has 0 saturated carbocycles. The lowest BCUT2D eigenvalue weighted by Gasteiger charge is -1.99. The van der Waals surface area contributed by atoms with E-state index in [1.165, 1.54) is 5.56 Å². The molecule has 0 radical (unpaired) electrons. The van der Waals surface area contributed by atoms with E-state index < -0.39 is 0 Å². The Morgan fingerprint density at radius 2 is 2.07 bits per heavy atom. The number of aromatic nitrogens is 5. The Morgan fingerprint density at radius 1 is 1.14 bits per heavy atom. The van der Waals surface area contributed by atoms with Gasteiger partial charge in [0.2, 0.25) is 0 Å². The van der Waals surface area contributed by atoms with E-state index in [2.05, 4.69) is 20.4 Å². The molecular formula is C9H7N5. The molecule has 5 nitrogen and oxygen atoms in total. The molecule has 1 aromatic carbocycles. The van der Waals surface area contributed by atoms with Crippen molar-refractivity contribution in [3.05, 3.63) is 30.1 Å². The molecule has 3 aromatic rings. The fraction of sp³-hybridized carbons (Fsp3) is 0.111. The average molecular weight is 185 g/mol. The largest absolute Gasteiger partial charge is 0.274 e. The van der Waals surface area contributed by atoms with Crippen LogP contribution in [0.1, 0.15) is 5.56 Å². The molecule has 3 rings (SSSR count). The predicted octanol–water partition coefficient (Wildman–Crippen LogP) is 0.981. The summed E-state index contributed by atoms with van der Waals surface area (Å²) < 4.78 is 1.82. The number of nitrogens with zero attached hydrogens (tertiary/aromatic N) is 5. The van der Waals surface area contributed by atoms with Crippen molar-refractivity contribution in [1.82, 2.24) is 24.8 Å². The molecule has 0 amide bonds. The summed E-state index contributed by atoms with van der Waals surface area (Å²) in [6.45, 7) is 2.03. The second kappa shape index (κ2) is 2.47. The Kier molecular flexibility index (Phi) is 1.30. The van der Waals surface area contributed by atoms with E-state index in [1.807, 2.05) is 29.5 Å². The third-order valence-electron chi connectivity index (χ3n) is 2.17. The summed E-state index contributed by atoms with van der Waals surface area (Å²) in [6, 6.07) is 6.01. The van der Waals surface area contributed by atoms with Gasteiger partial charge in [-0.15, -0.1) is 20.4 Å². The zero-order chi connectivity index (χ0) is 9.54. The van der Waals surface area contributed by atoms with Crippen molar-refractivity contribution in [3.63, 3.8) is 0 Å². The molecule has 68 valence electrons. The van der Waals surface area contributed by atoms with Crippen LogP contribution in [0.25, 0.3) is 16.8 Å². The van der Waals surface area contributed by atoms with Crippen LogP contribution in [0.3, 0.4) is 0 Å². The SMILES string of the molecule is Cc1ccc2c(c1)nnc1nncn12. The molecule has 0 aliphatic heterocycles. The van der Waals surface area contributed by atoms with Crippen LogP contribution < -0.4 is 0 Å². The summed E-state index contributed by atoms with van der Waals surface area (Å²) in [5.74, 6) is 0.529. The molecule has 0 saturated heterocycles. The summed E-state index contributed by atoms with van der Waals surface area (Å²) >= 11 is 0. The van der Waals surface area contributed by atoms with E-state index in [1.54, 1.807) is 6.33 Å². The van der Waals surface area contributed by atoms with Gasteiger partial charge >= 0.3 is 0 Å². The Balaban J connectivity index is 2.57. The number of fused-ring (bicyclic) bond motifs is 3. The second-order valence-corrected chi connectivity index (χ2v) is 3.19. The highest BCUT2D eigenvalue weighted by Gasteiger charge is 2.02. The summed E-state index contributed by atoms with van der Waals surface area (Å²) in [5, 5.41) is 15.6. The van der Waals surface area contributed by atoms with Crippen LogP contribution in [-0.2, 0) is 0 Å². The summed E-state index contributed by atoms with van der Waals surface area (Å²) in [4.78, 5) is 0. The molecule has 0 bridgehead atoms. The lowest BCUT2D eigenvalue weighted by molar-refractivity contribution is 1.01. The van der Waals surface area contributed by atoms with E-state index in [0.29, 0.717) is 5.78 Å². The monoisotopic (exact) mass is 185 g/mol. The van der Waals surface area contributed by atoms with Gasteiger partial charge in [-0.2, -0.15) is 0 Å². The molecular weight excluding hydrogens is 178 g/mol. The minimum Gasteiger partial charge on any atom is -0.263 e. The number of rotatable bonds is 0. The van der Waals surface area contributed by atoms with Gasteiger partial charge in [-0.25, -0.2) is 0 Å². The van der Waals surface area contributed by atoms with Gasteiger partial charge in [0.1, 0.15) is 11.8 Å². The maximum atomic E-state index is 4.07. The summed E-state index contributed by atoms with van der Waals surface area (Å²) in [5.41, 5.74) is 3.00. The first kappa shape index (κ1) is 7.37. The van der Waals surface area contributed by atoms with E-state index in [4.69, 9.17) is 0 Å². The first-order valence-corrected chi connectivity index (χ1v) is 4.27. The number of benzene rings is 1. The minimum absolute atomic E-state index is 0.529. The second-order valence-electron chi connectivity index (χ2n) is 3.19. The molecule has 2 heterocycles. The molecule has 0 atom stereocenters. The van der Waals surface area contributed by atoms with Crippen molar-refractivity contribution in [2.75, 3.05) is 0 Å². The molecule has 0 aliphatic carbocycles. The molecule has 0 fully saturated rings. The van der Waals surface area contributed by atoms with Crippen molar-refractivity contribution in [3.8, 4) is 0 Å². The minimum atomic E-state index is 0.529.